The largest absolute Gasteiger partial charge is 0.485 e. The van der Waals surface area contributed by atoms with Crippen LogP contribution >= 0.6 is 38.9 Å². The Morgan fingerprint density at radius 2 is 1.82 bits per heavy atom. The highest BCUT2D eigenvalue weighted by Gasteiger charge is 2.45. The molecule has 1 aliphatic heterocycles. The average molecular weight is 636 g/mol. The van der Waals surface area contributed by atoms with Crippen LogP contribution in [0.1, 0.15) is 41.4 Å². The van der Waals surface area contributed by atoms with Gasteiger partial charge in [0.05, 0.1) is 6.04 Å². The van der Waals surface area contributed by atoms with E-state index in [1.807, 2.05) is 12.1 Å². The SMILES string of the molecule is Cc1c(S(=O)(=O)N[C@@H]2c3cc(C(=O)Nc4ccc(Br)cc4)ccc3OC(C)(C)[C@H]2O)sc2ccc(Cl)cc12. The second kappa shape index (κ2) is 9.93. The van der Waals surface area contributed by atoms with E-state index in [0.29, 0.717) is 33.1 Å². The normalized spacial score (nSPS) is 18.6. The Morgan fingerprint density at radius 3 is 2.53 bits per heavy atom. The number of carbonyl (C=O) groups is 1. The summed E-state index contributed by atoms with van der Waals surface area (Å²) in [5.41, 5.74) is 0.740. The number of thiophene rings is 1. The number of hydrogen-bond donors (Lipinski definition) is 3. The molecule has 2 heterocycles. The minimum absolute atomic E-state index is 0.136. The molecule has 3 aromatic carbocycles. The van der Waals surface area contributed by atoms with Gasteiger partial charge in [-0.05, 0) is 92.4 Å². The predicted octanol–water partition coefficient (Wildman–Crippen LogP) is 6.43. The molecule has 3 N–H and O–H groups in total. The third kappa shape index (κ3) is 5.09. The first-order chi connectivity index (χ1) is 17.9. The second-order valence-corrected chi connectivity index (χ2v) is 13.9. The van der Waals surface area contributed by atoms with Crippen molar-refractivity contribution in [1.82, 2.24) is 4.72 Å². The Bertz CT molecular complexity index is 1670. The Morgan fingerprint density at radius 1 is 1.11 bits per heavy atom. The van der Waals surface area contributed by atoms with Crippen LogP contribution in [0.4, 0.5) is 5.69 Å². The van der Waals surface area contributed by atoms with Crippen molar-refractivity contribution >= 4 is 70.6 Å². The molecule has 11 heteroatoms. The van der Waals surface area contributed by atoms with E-state index in [0.717, 1.165) is 25.9 Å². The van der Waals surface area contributed by atoms with Gasteiger partial charge in [-0.15, -0.1) is 11.3 Å². The fourth-order valence-corrected chi connectivity index (χ4v) is 7.87. The van der Waals surface area contributed by atoms with E-state index in [-0.39, 0.29) is 10.1 Å². The van der Waals surface area contributed by atoms with Gasteiger partial charge in [0.25, 0.3) is 15.9 Å². The van der Waals surface area contributed by atoms with Crippen LogP contribution in [0.2, 0.25) is 5.02 Å². The molecule has 198 valence electrons. The third-order valence-electron chi connectivity index (χ3n) is 6.49. The van der Waals surface area contributed by atoms with Gasteiger partial charge in [0.15, 0.2) is 0 Å². The van der Waals surface area contributed by atoms with Crippen molar-refractivity contribution in [2.45, 2.75) is 42.7 Å². The number of sulfonamides is 1. The maximum absolute atomic E-state index is 13.7. The second-order valence-electron chi connectivity index (χ2n) is 9.62. The molecule has 0 saturated heterocycles. The lowest BCUT2D eigenvalue weighted by Crippen LogP contribution is -2.53. The summed E-state index contributed by atoms with van der Waals surface area (Å²) in [4.78, 5) is 13.0. The predicted molar refractivity (Wildman–Crippen MR) is 154 cm³/mol. The molecule has 1 aliphatic rings. The highest BCUT2D eigenvalue weighted by molar-refractivity contribution is 9.10. The van der Waals surface area contributed by atoms with Gasteiger partial charge < -0.3 is 15.2 Å². The first-order valence-electron chi connectivity index (χ1n) is 11.6. The number of fused-ring (bicyclic) bond motifs is 2. The van der Waals surface area contributed by atoms with Gasteiger partial charge in [-0.1, -0.05) is 27.5 Å². The summed E-state index contributed by atoms with van der Waals surface area (Å²) in [7, 11) is -4.07. The van der Waals surface area contributed by atoms with Crippen LogP contribution in [0.3, 0.4) is 0 Å². The molecule has 0 spiro atoms. The van der Waals surface area contributed by atoms with Crippen molar-refractivity contribution in [2.24, 2.45) is 0 Å². The zero-order valence-corrected chi connectivity index (χ0v) is 24.6. The summed E-state index contributed by atoms with van der Waals surface area (Å²) < 4.78 is 37.8. The van der Waals surface area contributed by atoms with Crippen LogP contribution in [0.25, 0.3) is 10.1 Å². The van der Waals surface area contributed by atoms with Gasteiger partial charge >= 0.3 is 0 Å². The molecule has 0 radical (unpaired) electrons. The Balaban J connectivity index is 1.52. The van der Waals surface area contributed by atoms with Crippen molar-refractivity contribution in [2.75, 3.05) is 5.32 Å². The number of halogens is 2. The number of benzene rings is 3. The van der Waals surface area contributed by atoms with Crippen molar-refractivity contribution in [3.8, 4) is 5.75 Å². The smallest absolute Gasteiger partial charge is 0.255 e. The van der Waals surface area contributed by atoms with Crippen LogP contribution in [0.5, 0.6) is 5.75 Å². The number of amides is 1. The Kier molecular flexibility index (Phi) is 7.08. The highest BCUT2D eigenvalue weighted by Crippen LogP contribution is 2.42. The summed E-state index contributed by atoms with van der Waals surface area (Å²) in [6.45, 7) is 5.10. The van der Waals surface area contributed by atoms with Crippen LogP contribution < -0.4 is 14.8 Å². The lowest BCUT2D eigenvalue weighted by Gasteiger charge is -2.42. The van der Waals surface area contributed by atoms with Gasteiger partial charge in [-0.3, -0.25) is 4.79 Å². The van der Waals surface area contributed by atoms with Gasteiger partial charge in [0.1, 0.15) is 21.7 Å². The zero-order valence-electron chi connectivity index (χ0n) is 20.6. The number of ether oxygens (including phenoxy) is 1. The number of anilines is 1. The molecule has 0 fully saturated rings. The summed E-state index contributed by atoms with van der Waals surface area (Å²) in [5, 5.41) is 15.3. The molecule has 1 amide bonds. The van der Waals surface area contributed by atoms with Gasteiger partial charge in [-0.25, -0.2) is 13.1 Å². The highest BCUT2D eigenvalue weighted by atomic mass is 79.9. The molecule has 0 unspecified atom stereocenters. The maximum Gasteiger partial charge on any atom is 0.255 e. The molecule has 4 aromatic rings. The molecule has 2 atom stereocenters. The quantitative estimate of drug-likeness (QED) is 0.235. The fraction of sp³-hybridized carbons (Fsp3) is 0.222. The van der Waals surface area contributed by atoms with Crippen molar-refractivity contribution in [3.05, 3.63) is 86.8 Å². The average Bonchev–Trinajstić information content (AvgIpc) is 3.19. The van der Waals surface area contributed by atoms with Gasteiger partial charge in [-0.2, -0.15) is 0 Å². The zero-order chi connectivity index (χ0) is 27.4. The van der Waals surface area contributed by atoms with Crippen LogP contribution in [-0.2, 0) is 10.0 Å². The Hall–Kier alpha value is -2.47. The summed E-state index contributed by atoms with van der Waals surface area (Å²) in [5.74, 6) is 0.00122. The Labute approximate surface area is 238 Å². The maximum atomic E-state index is 13.7. The van der Waals surface area contributed by atoms with E-state index >= 15 is 0 Å². The lowest BCUT2D eigenvalue weighted by molar-refractivity contribution is -0.0603. The minimum atomic E-state index is -4.07. The molecule has 5 rings (SSSR count). The van der Waals surface area contributed by atoms with Crippen LogP contribution in [0, 0.1) is 6.92 Å². The van der Waals surface area contributed by atoms with Gasteiger partial charge in [0.2, 0.25) is 0 Å². The summed E-state index contributed by atoms with van der Waals surface area (Å²) in [6.07, 6.45) is -1.24. The van der Waals surface area contributed by atoms with E-state index in [4.69, 9.17) is 16.3 Å². The molecule has 1 aromatic heterocycles. The molecule has 7 nitrogen and oxygen atoms in total. The molecular formula is C27H24BrClN2O5S2. The van der Waals surface area contributed by atoms with E-state index in [1.165, 1.54) is 0 Å². The van der Waals surface area contributed by atoms with E-state index in [1.54, 1.807) is 69.3 Å². The summed E-state index contributed by atoms with van der Waals surface area (Å²) in [6, 6.07) is 16.1. The van der Waals surface area contributed by atoms with Crippen LogP contribution in [0.15, 0.2) is 69.3 Å². The van der Waals surface area contributed by atoms with E-state index in [9.17, 15) is 18.3 Å². The molecule has 0 saturated carbocycles. The van der Waals surface area contributed by atoms with Gasteiger partial charge in [0, 0.05) is 31.0 Å². The third-order valence-corrected chi connectivity index (χ3v) is 10.6. The lowest BCUT2D eigenvalue weighted by atomic mass is 9.86. The van der Waals surface area contributed by atoms with E-state index < -0.39 is 27.8 Å². The molecule has 0 bridgehead atoms. The molecule has 0 aliphatic carbocycles. The first-order valence-corrected chi connectivity index (χ1v) is 15.1. The first kappa shape index (κ1) is 27.1. The molecule has 38 heavy (non-hydrogen) atoms. The monoisotopic (exact) mass is 634 g/mol. The van der Waals surface area contributed by atoms with Crippen molar-refractivity contribution < 1.29 is 23.1 Å². The number of hydrogen-bond acceptors (Lipinski definition) is 6. The fourth-order valence-electron chi connectivity index (χ4n) is 4.45. The molecular weight excluding hydrogens is 612 g/mol. The summed E-state index contributed by atoms with van der Waals surface area (Å²) >= 11 is 10.6. The van der Waals surface area contributed by atoms with Crippen molar-refractivity contribution in [1.29, 1.82) is 0 Å². The topological polar surface area (TPSA) is 105 Å². The standard InChI is InChI=1S/C27H24BrClN2O5S2/c1-14-19-13-17(29)7-11-22(19)37-26(14)38(34,35)31-23-20-12-15(4-10-21(20)36-27(2,3)24(23)32)25(33)30-18-8-5-16(28)6-9-18/h4-13,23-24,31-32H,1-3H3,(H,30,33)/t23-,24+/m1/s1. The number of nitrogens with one attached hydrogen (secondary N) is 2. The number of aliphatic hydroxyl groups excluding tert-OH is 1. The number of aliphatic hydroxyl groups is 1. The van der Waals surface area contributed by atoms with Crippen molar-refractivity contribution in [3.63, 3.8) is 0 Å². The number of rotatable bonds is 5. The number of aryl methyl sites for hydroxylation is 1. The minimum Gasteiger partial charge on any atom is -0.485 e. The van der Waals surface area contributed by atoms with Crippen LogP contribution in [-0.4, -0.2) is 31.1 Å². The number of carbonyl (C=O) groups excluding carboxylic acids is 1. The van der Waals surface area contributed by atoms with E-state index in [2.05, 4.69) is 26.0 Å².